The quantitative estimate of drug-likeness (QED) is 0.671. The molecule has 0 fully saturated rings. The maximum Gasteiger partial charge on any atom is 0.251 e. The van der Waals surface area contributed by atoms with Gasteiger partial charge in [-0.2, -0.15) is 0 Å². The first-order valence-electron chi connectivity index (χ1n) is 8.19. The van der Waals surface area contributed by atoms with Crippen molar-refractivity contribution in [3.05, 3.63) is 76.8 Å². The number of rotatable bonds is 6. The van der Waals surface area contributed by atoms with E-state index in [4.69, 9.17) is 16.3 Å². The number of hydrogen-bond acceptors (Lipinski definition) is 4. The summed E-state index contributed by atoms with van der Waals surface area (Å²) in [6, 6.07) is 18.4. The summed E-state index contributed by atoms with van der Waals surface area (Å²) < 4.78 is 5.51. The summed E-state index contributed by atoms with van der Waals surface area (Å²) in [5.74, 6) is 0.243. The first kappa shape index (κ1) is 17.9. The molecular formula is C20H18ClN3O2. The Morgan fingerprint density at radius 1 is 1.00 bits per heavy atom. The van der Waals surface area contributed by atoms with Crippen molar-refractivity contribution in [3.63, 3.8) is 0 Å². The second-order valence-electron chi connectivity index (χ2n) is 5.73. The molecule has 1 N–H and O–H groups in total. The Morgan fingerprint density at radius 3 is 2.38 bits per heavy atom. The molecule has 0 aliphatic rings. The second-order valence-corrected chi connectivity index (χ2v) is 6.17. The van der Waals surface area contributed by atoms with Crippen molar-refractivity contribution in [3.8, 4) is 17.1 Å². The zero-order chi connectivity index (χ0) is 18.4. The molecule has 0 spiro atoms. The van der Waals surface area contributed by atoms with Crippen LogP contribution < -0.4 is 10.1 Å². The van der Waals surface area contributed by atoms with Crippen LogP contribution in [0.5, 0.6) is 5.88 Å². The molecule has 1 amide bonds. The van der Waals surface area contributed by atoms with Crippen LogP contribution in [0, 0.1) is 6.92 Å². The van der Waals surface area contributed by atoms with Gasteiger partial charge in [0.1, 0.15) is 6.61 Å². The molecule has 3 aromatic rings. The normalized spacial score (nSPS) is 10.4. The van der Waals surface area contributed by atoms with Crippen molar-refractivity contribution in [2.75, 3.05) is 13.2 Å². The number of aryl methyl sites for hydroxylation is 1. The maximum absolute atomic E-state index is 12.0. The smallest absolute Gasteiger partial charge is 0.251 e. The molecule has 0 aliphatic carbocycles. The summed E-state index contributed by atoms with van der Waals surface area (Å²) >= 11 is 5.80. The van der Waals surface area contributed by atoms with Crippen LogP contribution in [0.25, 0.3) is 11.3 Å². The second kappa shape index (κ2) is 8.45. The summed E-state index contributed by atoms with van der Waals surface area (Å²) in [7, 11) is 0. The molecule has 1 aromatic heterocycles. The highest BCUT2D eigenvalue weighted by atomic mass is 35.5. The Kier molecular flexibility index (Phi) is 5.81. The average molecular weight is 368 g/mol. The van der Waals surface area contributed by atoms with E-state index >= 15 is 0 Å². The summed E-state index contributed by atoms with van der Waals surface area (Å²) in [6.07, 6.45) is 0. The number of hydrogen-bond donors (Lipinski definition) is 1. The maximum atomic E-state index is 12.0. The number of benzene rings is 2. The molecule has 2 aromatic carbocycles. The molecule has 0 unspecified atom stereocenters. The number of halogens is 1. The monoisotopic (exact) mass is 367 g/mol. The number of ether oxygens (including phenoxy) is 1. The SMILES string of the molecule is Cc1ccc(-c2ccc(OCCNC(=O)c3ccc(Cl)cc3)nn2)cc1. The summed E-state index contributed by atoms with van der Waals surface area (Å²) in [5.41, 5.74) is 3.54. The average Bonchev–Trinajstić information content (AvgIpc) is 2.67. The lowest BCUT2D eigenvalue weighted by Crippen LogP contribution is -2.28. The van der Waals surface area contributed by atoms with Gasteiger partial charge >= 0.3 is 0 Å². The molecule has 0 radical (unpaired) electrons. The van der Waals surface area contributed by atoms with Gasteiger partial charge in [0.15, 0.2) is 0 Å². The van der Waals surface area contributed by atoms with Crippen molar-refractivity contribution < 1.29 is 9.53 Å². The van der Waals surface area contributed by atoms with Crippen LogP contribution in [0.1, 0.15) is 15.9 Å². The lowest BCUT2D eigenvalue weighted by atomic mass is 10.1. The van der Waals surface area contributed by atoms with Gasteiger partial charge in [0, 0.05) is 22.2 Å². The van der Waals surface area contributed by atoms with Gasteiger partial charge in [-0.3, -0.25) is 4.79 Å². The third-order valence-corrected chi connectivity index (χ3v) is 3.98. The van der Waals surface area contributed by atoms with Crippen molar-refractivity contribution in [2.45, 2.75) is 6.92 Å². The van der Waals surface area contributed by atoms with E-state index in [1.807, 2.05) is 37.3 Å². The predicted molar refractivity (Wildman–Crippen MR) is 101 cm³/mol. The van der Waals surface area contributed by atoms with E-state index in [2.05, 4.69) is 15.5 Å². The molecule has 132 valence electrons. The molecule has 0 aliphatic heterocycles. The molecular weight excluding hydrogens is 350 g/mol. The Balaban J connectivity index is 1.47. The van der Waals surface area contributed by atoms with E-state index in [-0.39, 0.29) is 5.91 Å². The van der Waals surface area contributed by atoms with Gasteiger partial charge in [0.05, 0.1) is 12.2 Å². The first-order valence-corrected chi connectivity index (χ1v) is 8.57. The number of carbonyl (C=O) groups is 1. The molecule has 0 saturated carbocycles. The Morgan fingerprint density at radius 2 is 1.73 bits per heavy atom. The molecule has 26 heavy (non-hydrogen) atoms. The Bertz CT molecular complexity index is 863. The van der Waals surface area contributed by atoms with Gasteiger partial charge in [-0.25, -0.2) is 0 Å². The van der Waals surface area contributed by atoms with Crippen LogP contribution in [-0.4, -0.2) is 29.3 Å². The fourth-order valence-corrected chi connectivity index (χ4v) is 2.42. The van der Waals surface area contributed by atoms with E-state index in [9.17, 15) is 4.79 Å². The van der Waals surface area contributed by atoms with E-state index in [1.54, 1.807) is 30.3 Å². The largest absolute Gasteiger partial charge is 0.475 e. The third-order valence-electron chi connectivity index (χ3n) is 3.73. The van der Waals surface area contributed by atoms with E-state index < -0.39 is 0 Å². The van der Waals surface area contributed by atoms with Gasteiger partial charge in [-0.15, -0.1) is 10.2 Å². The molecule has 0 atom stereocenters. The van der Waals surface area contributed by atoms with Crippen molar-refractivity contribution in [2.24, 2.45) is 0 Å². The summed E-state index contributed by atoms with van der Waals surface area (Å²) in [4.78, 5) is 12.0. The van der Waals surface area contributed by atoms with Crippen LogP contribution in [0.2, 0.25) is 5.02 Å². The zero-order valence-electron chi connectivity index (χ0n) is 14.3. The summed E-state index contributed by atoms with van der Waals surface area (Å²) in [6.45, 7) is 2.71. The number of nitrogens with zero attached hydrogens (tertiary/aromatic N) is 2. The highest BCUT2D eigenvalue weighted by Gasteiger charge is 2.05. The molecule has 1 heterocycles. The van der Waals surface area contributed by atoms with Crippen LogP contribution >= 0.6 is 11.6 Å². The van der Waals surface area contributed by atoms with Crippen LogP contribution in [0.3, 0.4) is 0 Å². The Labute approximate surface area is 157 Å². The topological polar surface area (TPSA) is 64.1 Å². The van der Waals surface area contributed by atoms with Crippen molar-refractivity contribution in [1.82, 2.24) is 15.5 Å². The third kappa shape index (κ3) is 4.80. The van der Waals surface area contributed by atoms with Crippen molar-refractivity contribution in [1.29, 1.82) is 0 Å². The minimum atomic E-state index is -0.175. The van der Waals surface area contributed by atoms with Gasteiger partial charge in [0.2, 0.25) is 5.88 Å². The van der Waals surface area contributed by atoms with E-state index in [0.717, 1.165) is 11.3 Å². The molecule has 5 nitrogen and oxygen atoms in total. The van der Waals surface area contributed by atoms with E-state index in [1.165, 1.54) is 5.56 Å². The first-order chi connectivity index (χ1) is 12.6. The lowest BCUT2D eigenvalue weighted by Gasteiger charge is -2.07. The number of nitrogens with one attached hydrogen (secondary N) is 1. The van der Waals surface area contributed by atoms with Gasteiger partial charge in [-0.1, -0.05) is 41.4 Å². The van der Waals surface area contributed by atoms with Gasteiger partial charge in [-0.05, 0) is 37.3 Å². The number of aromatic nitrogens is 2. The van der Waals surface area contributed by atoms with Crippen LogP contribution in [0.15, 0.2) is 60.7 Å². The Hall–Kier alpha value is -2.92. The van der Waals surface area contributed by atoms with Gasteiger partial charge in [0.25, 0.3) is 5.91 Å². The van der Waals surface area contributed by atoms with Gasteiger partial charge < -0.3 is 10.1 Å². The van der Waals surface area contributed by atoms with Crippen LogP contribution in [-0.2, 0) is 0 Å². The summed E-state index contributed by atoms with van der Waals surface area (Å²) in [5, 5.41) is 11.6. The number of amides is 1. The minimum absolute atomic E-state index is 0.175. The fraction of sp³-hybridized carbons (Fsp3) is 0.150. The predicted octanol–water partition coefficient (Wildman–Crippen LogP) is 3.91. The standard InChI is InChI=1S/C20H18ClN3O2/c1-14-2-4-15(5-3-14)18-10-11-19(24-23-18)26-13-12-22-20(25)16-6-8-17(21)9-7-16/h2-11H,12-13H2,1H3,(H,22,25). The fourth-order valence-electron chi connectivity index (χ4n) is 2.30. The highest BCUT2D eigenvalue weighted by Crippen LogP contribution is 2.18. The number of carbonyl (C=O) groups excluding carboxylic acids is 1. The molecule has 3 rings (SSSR count). The minimum Gasteiger partial charge on any atom is -0.475 e. The van der Waals surface area contributed by atoms with E-state index in [0.29, 0.717) is 29.6 Å². The highest BCUT2D eigenvalue weighted by molar-refractivity contribution is 6.30. The zero-order valence-corrected chi connectivity index (χ0v) is 15.0. The van der Waals surface area contributed by atoms with Crippen molar-refractivity contribution >= 4 is 17.5 Å². The molecule has 0 saturated heterocycles. The molecule has 6 heteroatoms. The van der Waals surface area contributed by atoms with Crippen LogP contribution in [0.4, 0.5) is 0 Å². The molecule has 0 bridgehead atoms. The lowest BCUT2D eigenvalue weighted by molar-refractivity contribution is 0.0946.